The number of nitrogens with one attached hydrogen (secondary N) is 1. The highest BCUT2D eigenvalue weighted by Gasteiger charge is 2.20. The van der Waals surface area contributed by atoms with Crippen LogP contribution in [0.25, 0.3) is 10.2 Å². The summed E-state index contributed by atoms with van der Waals surface area (Å²) in [6.07, 6.45) is 8.29. The number of benzene rings is 1. The first-order valence-electron chi connectivity index (χ1n) is 9.01. The highest BCUT2D eigenvalue weighted by molar-refractivity contribution is 7.22. The molecule has 0 amide bonds. The molecule has 1 aliphatic rings. The molecule has 3 aromatic rings. The highest BCUT2D eigenvalue weighted by atomic mass is 35.5. The lowest BCUT2D eigenvalue weighted by Crippen LogP contribution is -2.27. The highest BCUT2D eigenvalue weighted by Crippen LogP contribution is 2.33. The summed E-state index contributed by atoms with van der Waals surface area (Å²) in [7, 11) is 0. The number of rotatable bonds is 5. The summed E-state index contributed by atoms with van der Waals surface area (Å²) in [5, 5.41) is 4.75. The average Bonchev–Trinajstić information content (AvgIpc) is 3.04. The number of aromatic nitrogens is 3. The van der Waals surface area contributed by atoms with E-state index in [1.807, 2.05) is 18.2 Å². The molecule has 1 atom stereocenters. The maximum Gasteiger partial charge on any atom is 0.225 e. The number of halogens is 1. The zero-order chi connectivity index (χ0) is 17.9. The summed E-state index contributed by atoms with van der Waals surface area (Å²) < 4.78 is 6.86. The zero-order valence-corrected chi connectivity index (χ0v) is 16.2. The molecule has 0 aliphatic heterocycles. The minimum atomic E-state index is 0.171. The maximum absolute atomic E-state index is 5.80. The second-order valence-electron chi connectivity index (χ2n) is 6.75. The van der Waals surface area contributed by atoms with Crippen molar-refractivity contribution in [2.45, 2.75) is 45.1 Å². The molecule has 1 fully saturated rings. The molecule has 0 bridgehead atoms. The van der Waals surface area contributed by atoms with E-state index in [2.05, 4.69) is 22.2 Å². The van der Waals surface area contributed by atoms with Gasteiger partial charge < -0.3 is 10.1 Å². The lowest BCUT2D eigenvalue weighted by molar-refractivity contribution is 0.328. The van der Waals surface area contributed by atoms with Gasteiger partial charge in [0.15, 0.2) is 5.13 Å². The van der Waals surface area contributed by atoms with Gasteiger partial charge in [0.2, 0.25) is 11.2 Å². The third-order valence-electron chi connectivity index (χ3n) is 4.89. The van der Waals surface area contributed by atoms with Crippen molar-refractivity contribution in [1.29, 1.82) is 0 Å². The van der Waals surface area contributed by atoms with E-state index >= 15 is 0 Å². The fourth-order valence-electron chi connectivity index (χ4n) is 3.47. The van der Waals surface area contributed by atoms with Gasteiger partial charge in [-0.05, 0) is 49.4 Å². The first kappa shape index (κ1) is 17.5. The molecule has 2 aromatic heterocycles. The monoisotopic (exact) mass is 388 g/mol. The number of fused-ring (bicyclic) bond motifs is 1. The first-order chi connectivity index (χ1) is 12.7. The lowest BCUT2D eigenvalue weighted by Gasteiger charge is -2.28. The van der Waals surface area contributed by atoms with Crippen LogP contribution in [-0.2, 0) is 0 Å². The number of nitrogens with zero attached hydrogens (tertiary/aromatic N) is 3. The van der Waals surface area contributed by atoms with Crippen LogP contribution in [0.5, 0.6) is 11.6 Å². The molecule has 136 valence electrons. The van der Waals surface area contributed by atoms with Crippen molar-refractivity contribution < 1.29 is 4.74 Å². The third-order valence-corrected chi connectivity index (χ3v) is 6.02. The summed E-state index contributed by atoms with van der Waals surface area (Å²) >= 11 is 7.46. The molecular formula is C19H21ClN4OS. The predicted octanol–water partition coefficient (Wildman–Crippen LogP) is 5.91. The molecule has 1 saturated carbocycles. The van der Waals surface area contributed by atoms with Gasteiger partial charge in [-0.25, -0.2) is 9.97 Å². The molecule has 0 radical (unpaired) electrons. The Bertz CT molecular complexity index is 894. The van der Waals surface area contributed by atoms with E-state index in [1.165, 1.54) is 32.1 Å². The predicted molar refractivity (Wildman–Crippen MR) is 106 cm³/mol. The summed E-state index contributed by atoms with van der Waals surface area (Å²) in [6.45, 7) is 2.27. The van der Waals surface area contributed by atoms with Crippen LogP contribution < -0.4 is 10.1 Å². The van der Waals surface area contributed by atoms with Crippen LogP contribution in [0.15, 0.2) is 30.5 Å². The Hall–Kier alpha value is -1.92. The minimum Gasteiger partial charge on any atom is -0.439 e. The normalized spacial score (nSPS) is 16.5. The molecule has 1 aromatic carbocycles. The average molecular weight is 389 g/mol. The topological polar surface area (TPSA) is 59.9 Å². The Kier molecular flexibility index (Phi) is 5.22. The molecule has 0 spiro atoms. The fourth-order valence-corrected chi connectivity index (χ4v) is 4.60. The van der Waals surface area contributed by atoms with E-state index in [0.29, 0.717) is 17.7 Å². The van der Waals surface area contributed by atoms with Crippen molar-refractivity contribution >= 4 is 38.3 Å². The van der Waals surface area contributed by atoms with Crippen LogP contribution in [-0.4, -0.2) is 21.0 Å². The SMILES string of the molecule is C[C@H](Nc1nc2ccc(Oc3ccnc(Cl)n3)cc2s1)C1CCCCC1. The molecular weight excluding hydrogens is 368 g/mol. The van der Waals surface area contributed by atoms with Gasteiger partial charge in [0.25, 0.3) is 0 Å². The molecule has 7 heteroatoms. The Morgan fingerprint density at radius 3 is 2.85 bits per heavy atom. The van der Waals surface area contributed by atoms with Crippen molar-refractivity contribution in [2.24, 2.45) is 5.92 Å². The number of thiazole rings is 1. The smallest absolute Gasteiger partial charge is 0.225 e. The number of anilines is 1. The van der Waals surface area contributed by atoms with E-state index < -0.39 is 0 Å². The van der Waals surface area contributed by atoms with Crippen LogP contribution in [0, 0.1) is 5.92 Å². The Morgan fingerprint density at radius 1 is 1.19 bits per heavy atom. The van der Waals surface area contributed by atoms with Gasteiger partial charge in [-0.2, -0.15) is 4.98 Å². The molecule has 1 aliphatic carbocycles. The van der Waals surface area contributed by atoms with Crippen LogP contribution >= 0.6 is 22.9 Å². The Labute approximate surface area is 161 Å². The number of hydrogen-bond donors (Lipinski definition) is 1. The summed E-state index contributed by atoms with van der Waals surface area (Å²) in [5.74, 6) is 1.89. The van der Waals surface area contributed by atoms with Crippen molar-refractivity contribution in [1.82, 2.24) is 15.0 Å². The van der Waals surface area contributed by atoms with E-state index in [9.17, 15) is 0 Å². The van der Waals surface area contributed by atoms with Gasteiger partial charge >= 0.3 is 0 Å². The van der Waals surface area contributed by atoms with Gasteiger partial charge in [-0.1, -0.05) is 30.6 Å². The van der Waals surface area contributed by atoms with Gasteiger partial charge in [-0.3, -0.25) is 0 Å². The molecule has 26 heavy (non-hydrogen) atoms. The first-order valence-corrected chi connectivity index (χ1v) is 10.2. The molecule has 2 heterocycles. The largest absolute Gasteiger partial charge is 0.439 e. The third kappa shape index (κ3) is 4.07. The van der Waals surface area contributed by atoms with Crippen molar-refractivity contribution in [3.63, 3.8) is 0 Å². The number of hydrogen-bond acceptors (Lipinski definition) is 6. The molecule has 4 rings (SSSR count). The lowest BCUT2D eigenvalue weighted by atomic mass is 9.85. The van der Waals surface area contributed by atoms with Gasteiger partial charge in [0, 0.05) is 24.4 Å². The van der Waals surface area contributed by atoms with Crippen molar-refractivity contribution in [3.05, 3.63) is 35.7 Å². The molecule has 0 saturated heterocycles. The van der Waals surface area contributed by atoms with Crippen molar-refractivity contribution in [3.8, 4) is 11.6 Å². The van der Waals surface area contributed by atoms with E-state index in [4.69, 9.17) is 21.3 Å². The molecule has 0 unspecified atom stereocenters. The second-order valence-corrected chi connectivity index (χ2v) is 8.11. The molecule has 1 N–H and O–H groups in total. The zero-order valence-electron chi connectivity index (χ0n) is 14.6. The minimum absolute atomic E-state index is 0.171. The quantitative estimate of drug-likeness (QED) is 0.550. The summed E-state index contributed by atoms with van der Waals surface area (Å²) in [4.78, 5) is 12.6. The number of ether oxygens (including phenoxy) is 1. The van der Waals surface area contributed by atoms with Crippen molar-refractivity contribution in [2.75, 3.05) is 5.32 Å². The fraction of sp³-hybridized carbons (Fsp3) is 0.421. The molecule has 5 nitrogen and oxygen atoms in total. The van der Waals surface area contributed by atoms with Gasteiger partial charge in [0.05, 0.1) is 10.2 Å². The second kappa shape index (κ2) is 7.76. The van der Waals surface area contributed by atoms with Gasteiger partial charge in [0.1, 0.15) is 5.75 Å². The van der Waals surface area contributed by atoms with E-state index in [-0.39, 0.29) is 5.28 Å². The standard InChI is InChI=1S/C19H21ClN4OS/c1-12(13-5-3-2-4-6-13)22-19-23-15-8-7-14(11-16(15)26-19)25-17-9-10-21-18(20)24-17/h7-13H,2-6H2,1H3,(H,22,23)/t12-/m0/s1. The van der Waals surface area contributed by atoms with Gasteiger partial charge in [-0.15, -0.1) is 0 Å². The summed E-state index contributed by atoms with van der Waals surface area (Å²) in [5.41, 5.74) is 0.974. The van der Waals surface area contributed by atoms with Crippen LogP contribution in [0.1, 0.15) is 39.0 Å². The van der Waals surface area contributed by atoms with Crippen LogP contribution in [0.4, 0.5) is 5.13 Å². The Morgan fingerprint density at radius 2 is 2.04 bits per heavy atom. The van der Waals surface area contributed by atoms with Crippen LogP contribution in [0.3, 0.4) is 0 Å². The van der Waals surface area contributed by atoms with Crippen LogP contribution in [0.2, 0.25) is 5.28 Å². The maximum atomic E-state index is 5.80. The van der Waals surface area contributed by atoms with E-state index in [0.717, 1.165) is 21.3 Å². The summed E-state index contributed by atoms with van der Waals surface area (Å²) in [6, 6.07) is 7.99. The van der Waals surface area contributed by atoms with E-state index in [1.54, 1.807) is 23.6 Å². The Balaban J connectivity index is 1.48.